The SMILES string of the molecule is COc1nc(-c2ccc(F)cc2)ccc1[N+](=O)[O-]. The summed E-state index contributed by atoms with van der Waals surface area (Å²) in [6.45, 7) is 0. The van der Waals surface area contributed by atoms with Crippen LogP contribution in [0.3, 0.4) is 0 Å². The Morgan fingerprint density at radius 1 is 1.22 bits per heavy atom. The van der Waals surface area contributed by atoms with Crippen LogP contribution in [-0.4, -0.2) is 17.0 Å². The third-order valence-corrected chi connectivity index (χ3v) is 2.37. The molecule has 0 radical (unpaired) electrons. The van der Waals surface area contributed by atoms with Crippen molar-refractivity contribution in [3.05, 3.63) is 52.3 Å². The molecule has 0 saturated heterocycles. The summed E-state index contributed by atoms with van der Waals surface area (Å²) in [5, 5.41) is 10.7. The highest BCUT2D eigenvalue weighted by molar-refractivity contribution is 5.62. The maximum absolute atomic E-state index is 12.8. The summed E-state index contributed by atoms with van der Waals surface area (Å²) in [4.78, 5) is 14.2. The van der Waals surface area contributed by atoms with E-state index >= 15 is 0 Å². The van der Waals surface area contributed by atoms with E-state index in [0.29, 0.717) is 11.3 Å². The molecule has 2 rings (SSSR count). The van der Waals surface area contributed by atoms with Crippen molar-refractivity contribution in [1.29, 1.82) is 0 Å². The number of ether oxygens (including phenoxy) is 1. The Morgan fingerprint density at radius 3 is 2.44 bits per heavy atom. The van der Waals surface area contributed by atoms with Gasteiger partial charge < -0.3 is 4.74 Å². The van der Waals surface area contributed by atoms with Crippen LogP contribution in [0.25, 0.3) is 11.3 Å². The first-order valence-corrected chi connectivity index (χ1v) is 5.07. The molecule has 0 saturated carbocycles. The van der Waals surface area contributed by atoms with Gasteiger partial charge in [0.25, 0.3) is 5.88 Å². The van der Waals surface area contributed by atoms with Crippen molar-refractivity contribution in [3.8, 4) is 17.1 Å². The lowest BCUT2D eigenvalue weighted by Gasteiger charge is -2.04. The largest absolute Gasteiger partial charge is 0.476 e. The minimum Gasteiger partial charge on any atom is -0.476 e. The average molecular weight is 248 g/mol. The third-order valence-electron chi connectivity index (χ3n) is 2.37. The van der Waals surface area contributed by atoms with E-state index in [0.717, 1.165) is 0 Å². The van der Waals surface area contributed by atoms with Crippen LogP contribution in [-0.2, 0) is 0 Å². The maximum atomic E-state index is 12.8. The van der Waals surface area contributed by atoms with Crippen LogP contribution in [0.15, 0.2) is 36.4 Å². The quantitative estimate of drug-likeness (QED) is 0.618. The molecule has 0 spiro atoms. The third kappa shape index (κ3) is 2.27. The summed E-state index contributed by atoms with van der Waals surface area (Å²) in [5.41, 5.74) is 0.936. The zero-order valence-corrected chi connectivity index (χ0v) is 9.46. The van der Waals surface area contributed by atoms with Crippen LogP contribution < -0.4 is 4.74 Å². The molecule has 1 aromatic carbocycles. The Morgan fingerprint density at radius 2 is 1.89 bits per heavy atom. The number of pyridine rings is 1. The lowest BCUT2D eigenvalue weighted by atomic mass is 10.1. The summed E-state index contributed by atoms with van der Waals surface area (Å²) in [5.74, 6) is -0.422. The first-order chi connectivity index (χ1) is 8.61. The van der Waals surface area contributed by atoms with Gasteiger partial charge in [-0.15, -0.1) is 0 Å². The second-order valence-electron chi connectivity index (χ2n) is 3.49. The van der Waals surface area contributed by atoms with Gasteiger partial charge in [-0.25, -0.2) is 9.37 Å². The Hall–Kier alpha value is -2.50. The van der Waals surface area contributed by atoms with Crippen LogP contribution in [0.1, 0.15) is 0 Å². The van der Waals surface area contributed by atoms with E-state index in [4.69, 9.17) is 4.74 Å². The summed E-state index contributed by atoms with van der Waals surface area (Å²) in [6, 6.07) is 8.49. The lowest BCUT2D eigenvalue weighted by molar-refractivity contribution is -0.386. The zero-order chi connectivity index (χ0) is 13.1. The molecule has 92 valence electrons. The highest BCUT2D eigenvalue weighted by Gasteiger charge is 2.17. The Bertz CT molecular complexity index is 584. The Kier molecular flexibility index (Phi) is 3.18. The number of rotatable bonds is 3. The monoisotopic (exact) mass is 248 g/mol. The molecule has 6 heteroatoms. The molecular formula is C12H9FN2O3. The molecule has 0 bridgehead atoms. The number of nitro groups is 1. The second-order valence-corrected chi connectivity index (χ2v) is 3.49. The molecule has 1 aromatic heterocycles. The molecule has 0 aliphatic heterocycles. The summed E-state index contributed by atoms with van der Waals surface area (Å²) < 4.78 is 17.6. The van der Waals surface area contributed by atoms with Gasteiger partial charge in [-0.3, -0.25) is 10.1 Å². The zero-order valence-electron chi connectivity index (χ0n) is 9.46. The van der Waals surface area contributed by atoms with Crippen molar-refractivity contribution in [3.63, 3.8) is 0 Å². The number of hydrogen-bond donors (Lipinski definition) is 0. The van der Waals surface area contributed by atoms with Gasteiger partial charge in [-0.05, 0) is 30.3 Å². The van der Waals surface area contributed by atoms with Crippen molar-refractivity contribution >= 4 is 5.69 Å². The van der Waals surface area contributed by atoms with E-state index in [2.05, 4.69) is 4.98 Å². The van der Waals surface area contributed by atoms with Crippen LogP contribution in [0, 0.1) is 15.9 Å². The highest BCUT2D eigenvalue weighted by Crippen LogP contribution is 2.28. The molecule has 0 amide bonds. The van der Waals surface area contributed by atoms with Gasteiger partial charge in [0.1, 0.15) is 5.82 Å². The fraction of sp³-hybridized carbons (Fsp3) is 0.0833. The molecule has 5 nitrogen and oxygen atoms in total. The van der Waals surface area contributed by atoms with Crippen LogP contribution >= 0.6 is 0 Å². The predicted molar refractivity (Wildman–Crippen MR) is 62.8 cm³/mol. The molecule has 2 aromatic rings. The lowest BCUT2D eigenvalue weighted by Crippen LogP contribution is -1.97. The van der Waals surface area contributed by atoms with E-state index in [-0.39, 0.29) is 17.4 Å². The van der Waals surface area contributed by atoms with E-state index in [9.17, 15) is 14.5 Å². The van der Waals surface area contributed by atoms with E-state index in [1.165, 1.54) is 31.4 Å². The molecule has 0 unspecified atom stereocenters. The van der Waals surface area contributed by atoms with Crippen molar-refractivity contribution in [2.75, 3.05) is 7.11 Å². The first-order valence-electron chi connectivity index (χ1n) is 5.07. The fourth-order valence-electron chi connectivity index (χ4n) is 1.50. The number of benzene rings is 1. The van der Waals surface area contributed by atoms with Gasteiger partial charge in [0.05, 0.1) is 17.7 Å². The summed E-state index contributed by atoms with van der Waals surface area (Å²) in [6.07, 6.45) is 0. The van der Waals surface area contributed by atoms with E-state index in [1.807, 2.05) is 0 Å². The topological polar surface area (TPSA) is 65.3 Å². The number of nitrogens with zero attached hydrogens (tertiary/aromatic N) is 2. The minimum absolute atomic E-state index is 0.0678. The van der Waals surface area contributed by atoms with E-state index < -0.39 is 4.92 Å². The van der Waals surface area contributed by atoms with Crippen LogP contribution in [0.2, 0.25) is 0 Å². The molecule has 0 N–H and O–H groups in total. The molecule has 0 fully saturated rings. The van der Waals surface area contributed by atoms with Crippen LogP contribution in [0.5, 0.6) is 5.88 Å². The molecule has 0 aliphatic carbocycles. The van der Waals surface area contributed by atoms with Gasteiger partial charge in [-0.2, -0.15) is 0 Å². The number of aromatic nitrogens is 1. The van der Waals surface area contributed by atoms with Gasteiger partial charge in [0.15, 0.2) is 0 Å². The maximum Gasteiger partial charge on any atom is 0.330 e. The Labute approximate surface area is 102 Å². The smallest absolute Gasteiger partial charge is 0.330 e. The van der Waals surface area contributed by atoms with Crippen molar-refractivity contribution < 1.29 is 14.1 Å². The second kappa shape index (κ2) is 4.79. The van der Waals surface area contributed by atoms with Crippen molar-refractivity contribution in [1.82, 2.24) is 4.98 Å². The standard InChI is InChI=1S/C12H9FN2O3/c1-18-12-11(15(16)17)7-6-10(14-12)8-2-4-9(13)5-3-8/h2-7H,1H3. The predicted octanol–water partition coefficient (Wildman–Crippen LogP) is 2.80. The van der Waals surface area contributed by atoms with Gasteiger partial charge in [0, 0.05) is 11.6 Å². The van der Waals surface area contributed by atoms with Gasteiger partial charge in [0.2, 0.25) is 0 Å². The van der Waals surface area contributed by atoms with E-state index in [1.54, 1.807) is 12.1 Å². The number of halogens is 1. The number of hydrogen-bond acceptors (Lipinski definition) is 4. The summed E-state index contributed by atoms with van der Waals surface area (Å²) in [7, 11) is 1.31. The van der Waals surface area contributed by atoms with Gasteiger partial charge >= 0.3 is 5.69 Å². The molecule has 0 atom stereocenters. The minimum atomic E-state index is -0.569. The first kappa shape index (κ1) is 12.0. The normalized spacial score (nSPS) is 10.1. The summed E-state index contributed by atoms with van der Waals surface area (Å²) >= 11 is 0. The fourth-order valence-corrected chi connectivity index (χ4v) is 1.50. The molecule has 1 heterocycles. The molecular weight excluding hydrogens is 239 g/mol. The highest BCUT2D eigenvalue weighted by atomic mass is 19.1. The van der Waals surface area contributed by atoms with Gasteiger partial charge in [-0.1, -0.05) is 0 Å². The van der Waals surface area contributed by atoms with Crippen molar-refractivity contribution in [2.45, 2.75) is 0 Å². The molecule has 18 heavy (non-hydrogen) atoms. The Balaban J connectivity index is 2.47. The molecule has 0 aliphatic rings. The van der Waals surface area contributed by atoms with Crippen molar-refractivity contribution in [2.24, 2.45) is 0 Å². The van der Waals surface area contributed by atoms with Crippen LogP contribution in [0.4, 0.5) is 10.1 Å². The average Bonchev–Trinajstić information content (AvgIpc) is 2.38. The number of methoxy groups -OCH3 is 1.